The van der Waals surface area contributed by atoms with Crippen molar-refractivity contribution in [1.29, 1.82) is 0 Å². The third-order valence-electron chi connectivity index (χ3n) is 4.83. The number of ketones is 2. The number of hydrogen-bond donors (Lipinski definition) is 1. The van der Waals surface area contributed by atoms with Crippen LogP contribution in [0, 0.1) is 5.41 Å². The molecule has 2 aromatic rings. The van der Waals surface area contributed by atoms with Crippen molar-refractivity contribution < 1.29 is 14.4 Å². The summed E-state index contributed by atoms with van der Waals surface area (Å²) in [5.41, 5.74) is 1.14. The molecule has 0 atom stereocenters. The highest BCUT2D eigenvalue weighted by Crippen LogP contribution is 2.28. The maximum atomic E-state index is 12.8. The molecule has 2 aromatic carbocycles. The second-order valence-electron chi connectivity index (χ2n) is 8.07. The number of allylic oxidation sites excluding steroid dienone is 2. The van der Waals surface area contributed by atoms with E-state index >= 15 is 0 Å². The number of rotatable bonds is 5. The molecule has 0 spiro atoms. The number of carbonyl (C=O) groups is 3. The summed E-state index contributed by atoms with van der Waals surface area (Å²) in [6.45, 7) is 6.20. The molecule has 0 bridgehead atoms. The largest absolute Gasteiger partial charge is 0.356 e. The molecule has 3 rings (SSSR count). The van der Waals surface area contributed by atoms with Crippen molar-refractivity contribution in [2.75, 3.05) is 6.54 Å². The van der Waals surface area contributed by atoms with Gasteiger partial charge in [0.25, 0.3) is 0 Å². The van der Waals surface area contributed by atoms with Gasteiger partial charge in [-0.05, 0) is 48.2 Å². The van der Waals surface area contributed by atoms with Gasteiger partial charge >= 0.3 is 0 Å². The minimum Gasteiger partial charge on any atom is -0.356 e. The summed E-state index contributed by atoms with van der Waals surface area (Å²) in [5.74, 6) is -0.146. The van der Waals surface area contributed by atoms with Crippen LogP contribution in [0.3, 0.4) is 0 Å². The fraction of sp³-hybridized carbons (Fsp3) is 0.348. The number of carbonyl (C=O) groups excluding carboxylic acids is 3. The van der Waals surface area contributed by atoms with E-state index in [1.54, 1.807) is 6.07 Å². The second-order valence-corrected chi connectivity index (χ2v) is 8.07. The van der Waals surface area contributed by atoms with E-state index in [1.165, 1.54) is 6.08 Å². The summed E-state index contributed by atoms with van der Waals surface area (Å²) in [5, 5.41) is 4.83. The molecule has 0 aliphatic heterocycles. The normalized spacial score (nSPS) is 14.1. The summed E-state index contributed by atoms with van der Waals surface area (Å²) in [6.07, 6.45) is 3.54. The fourth-order valence-electron chi connectivity index (χ4n) is 3.20. The van der Waals surface area contributed by atoms with Gasteiger partial charge in [-0.1, -0.05) is 45.0 Å². The van der Waals surface area contributed by atoms with Crippen LogP contribution < -0.4 is 5.32 Å². The van der Waals surface area contributed by atoms with Crippen molar-refractivity contribution >= 4 is 28.2 Å². The Labute approximate surface area is 159 Å². The van der Waals surface area contributed by atoms with Crippen LogP contribution in [0.1, 0.15) is 60.7 Å². The summed E-state index contributed by atoms with van der Waals surface area (Å²) in [6, 6.07) is 11.4. The smallest absolute Gasteiger partial charge is 0.225 e. The Morgan fingerprint density at radius 2 is 1.59 bits per heavy atom. The van der Waals surface area contributed by atoms with Gasteiger partial charge in [0.1, 0.15) is 0 Å². The number of nitrogens with one attached hydrogen (secondary N) is 1. The van der Waals surface area contributed by atoms with E-state index in [1.807, 2.05) is 51.1 Å². The van der Waals surface area contributed by atoms with Gasteiger partial charge in [-0.2, -0.15) is 0 Å². The molecule has 0 aromatic heterocycles. The SMILES string of the molecule is CC(C)(C)C(=O)NCCCCC1=CC(=O)c2cc3ccccc3cc2C1=O. The number of fused-ring (bicyclic) bond motifs is 2. The molecule has 0 saturated carbocycles. The van der Waals surface area contributed by atoms with Crippen LogP contribution in [0.4, 0.5) is 0 Å². The lowest BCUT2D eigenvalue weighted by Crippen LogP contribution is -2.35. The highest BCUT2D eigenvalue weighted by atomic mass is 16.2. The molecule has 0 heterocycles. The van der Waals surface area contributed by atoms with Gasteiger partial charge in [0.15, 0.2) is 11.6 Å². The van der Waals surface area contributed by atoms with Crippen LogP contribution in [-0.4, -0.2) is 24.0 Å². The van der Waals surface area contributed by atoms with Crippen LogP contribution >= 0.6 is 0 Å². The first-order valence-electron chi connectivity index (χ1n) is 9.38. The van der Waals surface area contributed by atoms with Crippen molar-refractivity contribution in [3.8, 4) is 0 Å². The average molecular weight is 363 g/mol. The summed E-state index contributed by atoms with van der Waals surface area (Å²) < 4.78 is 0. The molecule has 27 heavy (non-hydrogen) atoms. The molecule has 0 unspecified atom stereocenters. The lowest BCUT2D eigenvalue weighted by atomic mass is 9.85. The van der Waals surface area contributed by atoms with E-state index < -0.39 is 5.41 Å². The van der Waals surface area contributed by atoms with Crippen molar-refractivity contribution in [1.82, 2.24) is 5.32 Å². The molecule has 1 N–H and O–H groups in total. The van der Waals surface area contributed by atoms with Crippen LogP contribution in [0.5, 0.6) is 0 Å². The molecule has 0 saturated heterocycles. The monoisotopic (exact) mass is 363 g/mol. The zero-order valence-corrected chi connectivity index (χ0v) is 16.1. The number of amides is 1. The molecule has 0 radical (unpaired) electrons. The Balaban J connectivity index is 1.64. The zero-order chi connectivity index (χ0) is 19.6. The van der Waals surface area contributed by atoms with Crippen LogP contribution in [-0.2, 0) is 4.79 Å². The first-order valence-corrected chi connectivity index (χ1v) is 9.38. The minimum atomic E-state index is -0.402. The molecule has 0 fully saturated rings. The first-order chi connectivity index (χ1) is 12.8. The lowest BCUT2D eigenvalue weighted by Gasteiger charge is -2.18. The van der Waals surface area contributed by atoms with E-state index in [4.69, 9.17) is 0 Å². The number of hydrogen-bond acceptors (Lipinski definition) is 3. The maximum Gasteiger partial charge on any atom is 0.225 e. The number of benzene rings is 2. The van der Waals surface area contributed by atoms with Crippen LogP contribution in [0.25, 0.3) is 10.8 Å². The third-order valence-corrected chi connectivity index (χ3v) is 4.83. The highest BCUT2D eigenvalue weighted by Gasteiger charge is 2.25. The molecule has 4 heteroatoms. The van der Waals surface area contributed by atoms with Gasteiger partial charge in [0.05, 0.1) is 0 Å². The molecular formula is C23H25NO3. The Bertz CT molecular complexity index is 948. The fourth-order valence-corrected chi connectivity index (χ4v) is 3.20. The predicted octanol–water partition coefficient (Wildman–Crippen LogP) is 4.48. The van der Waals surface area contributed by atoms with E-state index in [0.717, 1.165) is 23.6 Å². The van der Waals surface area contributed by atoms with E-state index in [9.17, 15) is 14.4 Å². The first kappa shape index (κ1) is 19.0. The van der Waals surface area contributed by atoms with Gasteiger partial charge in [0.2, 0.25) is 5.91 Å². The lowest BCUT2D eigenvalue weighted by molar-refractivity contribution is -0.128. The Kier molecular flexibility index (Phi) is 5.26. The Morgan fingerprint density at radius 1 is 0.963 bits per heavy atom. The molecule has 1 aliphatic rings. The molecule has 4 nitrogen and oxygen atoms in total. The molecule has 140 valence electrons. The van der Waals surface area contributed by atoms with E-state index in [0.29, 0.717) is 29.7 Å². The van der Waals surface area contributed by atoms with Crippen molar-refractivity contribution in [2.45, 2.75) is 40.0 Å². The molecular weight excluding hydrogens is 338 g/mol. The summed E-state index contributed by atoms with van der Waals surface area (Å²) in [7, 11) is 0. The molecule has 1 amide bonds. The van der Waals surface area contributed by atoms with E-state index in [2.05, 4.69) is 5.32 Å². The molecule has 1 aliphatic carbocycles. The quantitative estimate of drug-likeness (QED) is 0.797. The standard InChI is InChI=1S/C23H25NO3/c1-23(2,3)22(27)24-11-7-6-10-17-14-20(25)18-12-15-8-4-5-9-16(15)13-19(18)21(17)26/h4-5,8-9,12-14H,6-7,10-11H2,1-3H3,(H,24,27). The predicted molar refractivity (Wildman–Crippen MR) is 107 cm³/mol. The van der Waals surface area contributed by atoms with Gasteiger partial charge < -0.3 is 5.32 Å². The highest BCUT2D eigenvalue weighted by molar-refractivity contribution is 6.25. The van der Waals surface area contributed by atoms with Gasteiger partial charge in [0, 0.05) is 28.7 Å². The van der Waals surface area contributed by atoms with Gasteiger partial charge in [-0.25, -0.2) is 0 Å². The topological polar surface area (TPSA) is 63.2 Å². The Hall–Kier alpha value is -2.75. The van der Waals surface area contributed by atoms with Crippen molar-refractivity contribution in [3.63, 3.8) is 0 Å². The third kappa shape index (κ3) is 4.16. The van der Waals surface area contributed by atoms with Gasteiger partial charge in [-0.3, -0.25) is 14.4 Å². The van der Waals surface area contributed by atoms with Crippen LogP contribution in [0.2, 0.25) is 0 Å². The van der Waals surface area contributed by atoms with E-state index in [-0.39, 0.29) is 17.5 Å². The zero-order valence-electron chi connectivity index (χ0n) is 16.1. The van der Waals surface area contributed by atoms with Crippen molar-refractivity contribution in [2.24, 2.45) is 5.41 Å². The second kappa shape index (κ2) is 7.47. The number of Topliss-reactive ketones (excluding diaryl/α,β-unsaturated/α-hetero) is 1. The van der Waals surface area contributed by atoms with Crippen LogP contribution in [0.15, 0.2) is 48.0 Å². The maximum absolute atomic E-state index is 12.8. The minimum absolute atomic E-state index is 0.0199. The summed E-state index contributed by atoms with van der Waals surface area (Å²) in [4.78, 5) is 37.2. The average Bonchev–Trinajstić information content (AvgIpc) is 2.63. The number of unbranched alkanes of at least 4 members (excludes halogenated alkanes) is 1. The van der Waals surface area contributed by atoms with Crippen molar-refractivity contribution in [3.05, 3.63) is 59.2 Å². The Morgan fingerprint density at radius 3 is 2.22 bits per heavy atom. The van der Waals surface area contributed by atoms with Gasteiger partial charge in [-0.15, -0.1) is 0 Å². The summed E-state index contributed by atoms with van der Waals surface area (Å²) >= 11 is 0.